The average Bonchev–Trinajstić information content (AvgIpc) is 3.20. The summed E-state index contributed by atoms with van der Waals surface area (Å²) >= 11 is 0. The van der Waals surface area contributed by atoms with Gasteiger partial charge >= 0.3 is 0 Å². The van der Waals surface area contributed by atoms with Crippen LogP contribution >= 0.6 is 0 Å². The molecule has 9 heteroatoms. The molecule has 2 aliphatic heterocycles. The highest BCUT2D eigenvalue weighted by atomic mass is 32.2. The monoisotopic (exact) mass is 459 g/mol. The maximum atomic E-state index is 14.0. The summed E-state index contributed by atoms with van der Waals surface area (Å²) in [6.07, 6.45) is 2.82. The van der Waals surface area contributed by atoms with Crippen LogP contribution in [0.5, 0.6) is 0 Å². The highest BCUT2D eigenvalue weighted by Crippen LogP contribution is 2.27. The first-order chi connectivity index (χ1) is 15.4. The number of nitrogens with zero attached hydrogens (tertiary/aromatic N) is 2. The third kappa shape index (κ3) is 4.68. The molecule has 0 bridgehead atoms. The van der Waals surface area contributed by atoms with Crippen LogP contribution in [0.2, 0.25) is 0 Å². The van der Waals surface area contributed by atoms with E-state index in [4.69, 9.17) is 0 Å². The summed E-state index contributed by atoms with van der Waals surface area (Å²) in [5.41, 5.74) is 0.935. The maximum Gasteiger partial charge on any atom is 0.243 e. The summed E-state index contributed by atoms with van der Waals surface area (Å²) in [5, 5.41) is 2.80. The first-order valence-corrected chi connectivity index (χ1v) is 12.2. The smallest absolute Gasteiger partial charge is 0.243 e. The number of hydrogen-bond donors (Lipinski definition) is 1. The Kier molecular flexibility index (Phi) is 6.57. The number of hydrogen-bond acceptors (Lipinski definition) is 4. The van der Waals surface area contributed by atoms with Gasteiger partial charge in [-0.2, -0.15) is 4.31 Å². The molecule has 0 spiro atoms. The lowest BCUT2D eigenvalue weighted by Crippen LogP contribution is -2.35. The molecule has 0 aliphatic carbocycles. The fourth-order valence-electron chi connectivity index (χ4n) is 4.15. The molecule has 1 N–H and O–H groups in total. The molecule has 0 radical (unpaired) electrons. The largest absolute Gasteiger partial charge is 0.352 e. The molecule has 2 fully saturated rings. The highest BCUT2D eigenvalue weighted by molar-refractivity contribution is 7.89. The number of sulfonamides is 1. The average molecular weight is 460 g/mol. The summed E-state index contributed by atoms with van der Waals surface area (Å²) in [4.78, 5) is 26.4. The molecule has 0 aromatic heterocycles. The number of rotatable bonds is 6. The Labute approximate surface area is 187 Å². The second kappa shape index (κ2) is 9.38. The first-order valence-electron chi connectivity index (χ1n) is 10.8. The summed E-state index contributed by atoms with van der Waals surface area (Å²) in [6.45, 7) is 1.43. The minimum Gasteiger partial charge on any atom is -0.352 e. The van der Waals surface area contributed by atoms with Gasteiger partial charge < -0.3 is 10.2 Å². The van der Waals surface area contributed by atoms with E-state index in [-0.39, 0.29) is 41.9 Å². The number of benzene rings is 2. The molecule has 7 nitrogen and oxygen atoms in total. The van der Waals surface area contributed by atoms with Crippen molar-refractivity contribution in [3.05, 3.63) is 59.9 Å². The Morgan fingerprint density at radius 1 is 1.03 bits per heavy atom. The van der Waals surface area contributed by atoms with E-state index in [9.17, 15) is 22.4 Å². The van der Waals surface area contributed by atoms with Crippen molar-refractivity contribution in [3.63, 3.8) is 0 Å². The van der Waals surface area contributed by atoms with E-state index in [0.717, 1.165) is 24.8 Å². The van der Waals surface area contributed by atoms with Crippen molar-refractivity contribution < 1.29 is 22.4 Å². The van der Waals surface area contributed by atoms with Crippen molar-refractivity contribution in [2.45, 2.75) is 37.1 Å². The van der Waals surface area contributed by atoms with E-state index in [1.165, 1.54) is 21.3 Å². The zero-order chi connectivity index (χ0) is 22.7. The Bertz CT molecular complexity index is 1100. The quantitative estimate of drug-likeness (QED) is 0.720. The predicted molar refractivity (Wildman–Crippen MR) is 118 cm³/mol. The fraction of sp³-hybridized carbons (Fsp3) is 0.391. The molecule has 1 unspecified atom stereocenters. The lowest BCUT2D eigenvalue weighted by atomic mass is 10.1. The molecule has 2 amide bonds. The SMILES string of the molecule is O=C(NCc1ccc(S(=O)(=O)N2CCCCC2)cc1)C1CC(=O)N(c2ccccc2F)C1. The second-order valence-corrected chi connectivity index (χ2v) is 10.1. The van der Waals surface area contributed by atoms with Crippen LogP contribution in [0.3, 0.4) is 0 Å². The van der Waals surface area contributed by atoms with Crippen LogP contribution in [0.15, 0.2) is 53.4 Å². The predicted octanol–water partition coefficient (Wildman–Crippen LogP) is 2.67. The first kappa shape index (κ1) is 22.4. The van der Waals surface area contributed by atoms with Crippen molar-refractivity contribution in [2.24, 2.45) is 5.92 Å². The van der Waals surface area contributed by atoms with Crippen LogP contribution < -0.4 is 10.2 Å². The van der Waals surface area contributed by atoms with Crippen molar-refractivity contribution in [3.8, 4) is 0 Å². The number of carbonyl (C=O) groups is 2. The zero-order valence-corrected chi connectivity index (χ0v) is 18.5. The molecule has 2 aromatic rings. The van der Waals surface area contributed by atoms with Gasteiger partial charge in [-0.1, -0.05) is 30.7 Å². The van der Waals surface area contributed by atoms with Gasteiger partial charge in [-0.3, -0.25) is 9.59 Å². The van der Waals surface area contributed by atoms with Crippen molar-refractivity contribution in [1.29, 1.82) is 0 Å². The van der Waals surface area contributed by atoms with Crippen LogP contribution in [0.25, 0.3) is 0 Å². The maximum absolute atomic E-state index is 14.0. The van der Waals surface area contributed by atoms with Crippen LogP contribution in [0.1, 0.15) is 31.2 Å². The normalized spacial score (nSPS) is 19.8. The van der Waals surface area contributed by atoms with E-state index < -0.39 is 21.8 Å². The Balaban J connectivity index is 1.34. The molecule has 4 rings (SSSR count). The number of halogens is 1. The van der Waals surface area contributed by atoms with Gasteiger partial charge in [0.1, 0.15) is 5.82 Å². The Hall–Kier alpha value is -2.78. The van der Waals surface area contributed by atoms with E-state index in [1.807, 2.05) is 0 Å². The topological polar surface area (TPSA) is 86.8 Å². The van der Waals surface area contributed by atoms with Gasteiger partial charge in [-0.15, -0.1) is 0 Å². The van der Waals surface area contributed by atoms with Crippen molar-refractivity contribution in [2.75, 3.05) is 24.5 Å². The summed E-state index contributed by atoms with van der Waals surface area (Å²) in [5.74, 6) is -1.65. The van der Waals surface area contributed by atoms with Gasteiger partial charge in [0.2, 0.25) is 21.8 Å². The second-order valence-electron chi connectivity index (χ2n) is 8.18. The van der Waals surface area contributed by atoms with E-state index in [1.54, 1.807) is 36.4 Å². The molecule has 2 heterocycles. The summed E-state index contributed by atoms with van der Waals surface area (Å²) < 4.78 is 41.0. The highest BCUT2D eigenvalue weighted by Gasteiger charge is 2.36. The van der Waals surface area contributed by atoms with Gasteiger partial charge in [0.15, 0.2) is 0 Å². The number of amides is 2. The number of anilines is 1. The van der Waals surface area contributed by atoms with E-state index >= 15 is 0 Å². The lowest BCUT2D eigenvalue weighted by Gasteiger charge is -2.25. The molecule has 32 heavy (non-hydrogen) atoms. The molecule has 2 aromatic carbocycles. The van der Waals surface area contributed by atoms with Crippen molar-refractivity contribution >= 4 is 27.5 Å². The number of carbonyl (C=O) groups excluding carboxylic acids is 2. The summed E-state index contributed by atoms with van der Waals surface area (Å²) in [7, 11) is -3.49. The third-order valence-corrected chi connectivity index (χ3v) is 7.89. The van der Waals surface area contributed by atoms with Gasteiger partial charge in [0.05, 0.1) is 16.5 Å². The molecular weight excluding hydrogens is 433 g/mol. The van der Waals surface area contributed by atoms with Crippen LogP contribution in [-0.4, -0.2) is 44.2 Å². The summed E-state index contributed by atoms with van der Waals surface area (Å²) in [6, 6.07) is 12.5. The molecule has 2 saturated heterocycles. The van der Waals surface area contributed by atoms with E-state index in [0.29, 0.717) is 13.1 Å². The van der Waals surface area contributed by atoms with Crippen LogP contribution in [0.4, 0.5) is 10.1 Å². The fourth-order valence-corrected chi connectivity index (χ4v) is 5.67. The van der Waals surface area contributed by atoms with Crippen LogP contribution in [0, 0.1) is 11.7 Å². The number of nitrogens with one attached hydrogen (secondary N) is 1. The standard InChI is InChI=1S/C23H26FN3O4S/c24-20-6-2-3-7-21(20)27-16-18(14-22(27)28)23(29)25-15-17-8-10-19(11-9-17)32(30,31)26-12-4-1-5-13-26/h2-3,6-11,18H,1,4-5,12-16H2,(H,25,29). The van der Waals surface area contributed by atoms with Gasteiger partial charge in [-0.05, 0) is 42.7 Å². The number of piperidine rings is 1. The van der Waals surface area contributed by atoms with Gasteiger partial charge in [-0.25, -0.2) is 12.8 Å². The van der Waals surface area contributed by atoms with E-state index in [2.05, 4.69) is 5.32 Å². The molecule has 1 atom stereocenters. The lowest BCUT2D eigenvalue weighted by molar-refractivity contribution is -0.126. The molecule has 170 valence electrons. The van der Waals surface area contributed by atoms with Crippen molar-refractivity contribution in [1.82, 2.24) is 9.62 Å². The molecule has 0 saturated carbocycles. The minimum absolute atomic E-state index is 0.0210. The third-order valence-electron chi connectivity index (χ3n) is 5.98. The molecular formula is C23H26FN3O4S. The van der Waals surface area contributed by atoms with Crippen LogP contribution in [-0.2, 0) is 26.2 Å². The molecule has 2 aliphatic rings. The minimum atomic E-state index is -3.49. The van der Waals surface area contributed by atoms with Gasteiger partial charge in [0, 0.05) is 32.6 Å². The Morgan fingerprint density at radius 2 is 1.72 bits per heavy atom. The Morgan fingerprint density at radius 3 is 2.41 bits per heavy atom. The number of para-hydroxylation sites is 1. The zero-order valence-electron chi connectivity index (χ0n) is 17.7. The van der Waals surface area contributed by atoms with Gasteiger partial charge in [0.25, 0.3) is 0 Å².